The number of aromatic nitrogens is 2. The highest BCUT2D eigenvalue weighted by Gasteiger charge is 2.14. The average molecular weight is 278 g/mol. The summed E-state index contributed by atoms with van der Waals surface area (Å²) in [6.07, 6.45) is 6.48. The standard InChI is InChI=1S/C15H19N3.ClH/c1-18-11-15(10-17-18)13-4-2-12(3-5-13)14-6-8-16-9-7-14;/h2-5,10-11,14,16H,6-9H2,1H3;1H. The van der Waals surface area contributed by atoms with Gasteiger partial charge in [-0.3, -0.25) is 4.68 Å². The number of hydrogen-bond acceptors (Lipinski definition) is 2. The molecule has 4 heteroatoms. The highest BCUT2D eigenvalue weighted by atomic mass is 35.5. The van der Waals surface area contributed by atoms with Crippen molar-refractivity contribution in [2.45, 2.75) is 18.8 Å². The molecule has 3 rings (SSSR count). The number of nitrogens with one attached hydrogen (secondary N) is 1. The molecule has 1 fully saturated rings. The van der Waals surface area contributed by atoms with Gasteiger partial charge in [0.15, 0.2) is 0 Å². The third kappa shape index (κ3) is 3.17. The number of rotatable bonds is 2. The van der Waals surface area contributed by atoms with Crippen LogP contribution in [0.1, 0.15) is 24.3 Å². The second-order valence-corrected chi connectivity index (χ2v) is 5.05. The number of benzene rings is 1. The van der Waals surface area contributed by atoms with E-state index in [0.717, 1.165) is 19.0 Å². The second kappa shape index (κ2) is 6.22. The Labute approximate surface area is 120 Å². The van der Waals surface area contributed by atoms with Crippen LogP contribution in [0.25, 0.3) is 11.1 Å². The Bertz CT molecular complexity index is 512. The van der Waals surface area contributed by atoms with Crippen LogP contribution in [0, 0.1) is 0 Å². The molecule has 3 nitrogen and oxygen atoms in total. The van der Waals surface area contributed by atoms with E-state index in [1.54, 1.807) is 0 Å². The summed E-state index contributed by atoms with van der Waals surface area (Å²) in [6.45, 7) is 2.30. The summed E-state index contributed by atoms with van der Waals surface area (Å²) in [5.74, 6) is 0.731. The van der Waals surface area contributed by atoms with Gasteiger partial charge in [-0.05, 0) is 43.0 Å². The lowest BCUT2D eigenvalue weighted by atomic mass is 9.89. The molecule has 1 saturated heterocycles. The van der Waals surface area contributed by atoms with Crippen molar-refractivity contribution in [1.82, 2.24) is 15.1 Å². The van der Waals surface area contributed by atoms with Gasteiger partial charge in [-0.15, -0.1) is 12.4 Å². The summed E-state index contributed by atoms with van der Waals surface area (Å²) < 4.78 is 1.84. The highest BCUT2D eigenvalue weighted by Crippen LogP contribution is 2.27. The molecule has 0 aliphatic carbocycles. The van der Waals surface area contributed by atoms with E-state index in [1.807, 2.05) is 17.9 Å². The van der Waals surface area contributed by atoms with Gasteiger partial charge in [-0.2, -0.15) is 5.10 Å². The van der Waals surface area contributed by atoms with Gasteiger partial charge in [0.05, 0.1) is 6.20 Å². The average Bonchev–Trinajstić information content (AvgIpc) is 2.87. The zero-order valence-corrected chi connectivity index (χ0v) is 12.0. The molecule has 0 saturated carbocycles. The fraction of sp³-hybridized carbons (Fsp3) is 0.400. The van der Waals surface area contributed by atoms with E-state index in [9.17, 15) is 0 Å². The summed E-state index contributed by atoms with van der Waals surface area (Å²) in [7, 11) is 1.95. The topological polar surface area (TPSA) is 29.9 Å². The normalized spacial score (nSPS) is 16.1. The van der Waals surface area contributed by atoms with E-state index < -0.39 is 0 Å². The maximum Gasteiger partial charge on any atom is 0.0568 e. The molecule has 2 aromatic rings. The van der Waals surface area contributed by atoms with Gasteiger partial charge in [-0.25, -0.2) is 0 Å². The Morgan fingerprint density at radius 2 is 1.79 bits per heavy atom. The van der Waals surface area contributed by atoms with Gasteiger partial charge in [0.1, 0.15) is 0 Å². The van der Waals surface area contributed by atoms with Crippen LogP contribution in [0.4, 0.5) is 0 Å². The van der Waals surface area contributed by atoms with Crippen LogP contribution in [-0.2, 0) is 7.05 Å². The minimum atomic E-state index is 0. The van der Waals surface area contributed by atoms with Crippen LogP contribution in [0.2, 0.25) is 0 Å². The number of hydrogen-bond donors (Lipinski definition) is 1. The third-order valence-electron chi connectivity index (χ3n) is 3.76. The van der Waals surface area contributed by atoms with Crippen LogP contribution in [-0.4, -0.2) is 22.9 Å². The number of piperidine rings is 1. The molecule has 1 aromatic carbocycles. The van der Waals surface area contributed by atoms with Crippen LogP contribution < -0.4 is 5.32 Å². The molecule has 1 N–H and O–H groups in total. The van der Waals surface area contributed by atoms with E-state index in [1.165, 1.54) is 29.5 Å². The van der Waals surface area contributed by atoms with Gasteiger partial charge >= 0.3 is 0 Å². The van der Waals surface area contributed by atoms with Crippen LogP contribution >= 0.6 is 12.4 Å². The van der Waals surface area contributed by atoms with Gasteiger partial charge < -0.3 is 5.32 Å². The SMILES string of the molecule is Cl.Cn1cc(-c2ccc(C3CCNCC3)cc2)cn1. The summed E-state index contributed by atoms with van der Waals surface area (Å²) in [5.41, 5.74) is 3.92. The van der Waals surface area contributed by atoms with Gasteiger partial charge in [0, 0.05) is 18.8 Å². The molecular weight excluding hydrogens is 258 g/mol. The zero-order valence-electron chi connectivity index (χ0n) is 11.2. The Morgan fingerprint density at radius 1 is 1.11 bits per heavy atom. The molecule has 2 heterocycles. The number of aryl methyl sites for hydroxylation is 1. The fourth-order valence-corrected chi connectivity index (χ4v) is 2.67. The number of halogens is 1. The third-order valence-corrected chi connectivity index (χ3v) is 3.76. The van der Waals surface area contributed by atoms with Crippen molar-refractivity contribution in [2.24, 2.45) is 7.05 Å². The molecular formula is C15H20ClN3. The lowest BCUT2D eigenvalue weighted by molar-refractivity contribution is 0.460. The smallest absolute Gasteiger partial charge is 0.0568 e. The zero-order chi connectivity index (χ0) is 12.4. The van der Waals surface area contributed by atoms with Crippen LogP contribution in [0.3, 0.4) is 0 Å². The molecule has 1 aromatic heterocycles. The van der Waals surface area contributed by atoms with Crippen molar-refractivity contribution in [1.29, 1.82) is 0 Å². The Morgan fingerprint density at radius 3 is 2.37 bits per heavy atom. The first-order valence-electron chi connectivity index (χ1n) is 6.62. The van der Waals surface area contributed by atoms with E-state index in [4.69, 9.17) is 0 Å². The van der Waals surface area contributed by atoms with Crippen molar-refractivity contribution in [2.75, 3.05) is 13.1 Å². The summed E-state index contributed by atoms with van der Waals surface area (Å²) in [6, 6.07) is 8.99. The van der Waals surface area contributed by atoms with Crippen molar-refractivity contribution in [3.05, 3.63) is 42.2 Å². The summed E-state index contributed by atoms with van der Waals surface area (Å²) >= 11 is 0. The second-order valence-electron chi connectivity index (χ2n) is 5.05. The largest absolute Gasteiger partial charge is 0.317 e. The van der Waals surface area contributed by atoms with Crippen molar-refractivity contribution < 1.29 is 0 Å². The first-order chi connectivity index (χ1) is 8.83. The quantitative estimate of drug-likeness (QED) is 0.915. The number of nitrogens with zero attached hydrogens (tertiary/aromatic N) is 2. The molecule has 102 valence electrons. The molecule has 1 aliphatic rings. The van der Waals surface area contributed by atoms with E-state index in [0.29, 0.717) is 0 Å². The van der Waals surface area contributed by atoms with Gasteiger partial charge in [0.25, 0.3) is 0 Å². The van der Waals surface area contributed by atoms with E-state index in [-0.39, 0.29) is 12.4 Å². The molecule has 0 radical (unpaired) electrons. The van der Waals surface area contributed by atoms with Crippen LogP contribution in [0.15, 0.2) is 36.7 Å². The molecule has 0 amide bonds. The predicted octanol–water partition coefficient (Wildman–Crippen LogP) is 2.98. The fourth-order valence-electron chi connectivity index (χ4n) is 2.67. The first kappa shape index (κ1) is 14.1. The first-order valence-corrected chi connectivity index (χ1v) is 6.62. The molecule has 0 bridgehead atoms. The van der Waals surface area contributed by atoms with E-state index >= 15 is 0 Å². The lowest BCUT2D eigenvalue weighted by Gasteiger charge is -2.23. The Kier molecular flexibility index (Phi) is 4.61. The van der Waals surface area contributed by atoms with Crippen molar-refractivity contribution >= 4 is 12.4 Å². The minimum absolute atomic E-state index is 0. The Hall–Kier alpha value is -1.32. The van der Waals surface area contributed by atoms with Crippen molar-refractivity contribution in [3.8, 4) is 11.1 Å². The molecule has 0 unspecified atom stereocenters. The summed E-state index contributed by atoms with van der Waals surface area (Å²) in [5, 5.41) is 7.63. The molecule has 19 heavy (non-hydrogen) atoms. The Balaban J connectivity index is 0.00000133. The lowest BCUT2D eigenvalue weighted by Crippen LogP contribution is -2.26. The molecule has 0 atom stereocenters. The highest BCUT2D eigenvalue weighted by molar-refractivity contribution is 5.85. The van der Waals surface area contributed by atoms with Gasteiger partial charge in [0.2, 0.25) is 0 Å². The maximum absolute atomic E-state index is 4.21. The minimum Gasteiger partial charge on any atom is -0.317 e. The molecule has 0 spiro atoms. The van der Waals surface area contributed by atoms with E-state index in [2.05, 4.69) is 40.9 Å². The van der Waals surface area contributed by atoms with Crippen LogP contribution in [0.5, 0.6) is 0 Å². The van der Waals surface area contributed by atoms with Crippen molar-refractivity contribution in [3.63, 3.8) is 0 Å². The maximum atomic E-state index is 4.21. The summed E-state index contributed by atoms with van der Waals surface area (Å²) in [4.78, 5) is 0. The predicted molar refractivity (Wildman–Crippen MR) is 80.7 cm³/mol. The molecule has 1 aliphatic heterocycles. The monoisotopic (exact) mass is 277 g/mol. The van der Waals surface area contributed by atoms with Gasteiger partial charge in [-0.1, -0.05) is 24.3 Å².